The van der Waals surface area contributed by atoms with E-state index < -0.39 is 0 Å². The molecule has 0 saturated carbocycles. The molecule has 0 aromatic carbocycles. The topological polar surface area (TPSA) is 63.4 Å². The molecular weight excluding hydrogens is 144 g/mol. The van der Waals surface area contributed by atoms with Crippen molar-refractivity contribution in [3.8, 4) is 0 Å². The Morgan fingerprint density at radius 3 is 2.36 bits per heavy atom. The first-order chi connectivity index (χ1) is 5.07. The van der Waals surface area contributed by atoms with E-state index in [2.05, 4.69) is 0 Å². The molecule has 64 valence electrons. The van der Waals surface area contributed by atoms with Crippen LogP contribution in [0.4, 0.5) is 0 Å². The molecule has 4 nitrogen and oxygen atoms in total. The van der Waals surface area contributed by atoms with E-state index in [1.165, 1.54) is 11.8 Å². The first kappa shape index (κ1) is 10.1. The largest absolute Gasteiger partial charge is 0.338 e. The minimum Gasteiger partial charge on any atom is -0.338 e. The Bertz CT molecular complexity index is 157. The number of carbonyl (C=O) groups excluding carboxylic acids is 2. The lowest BCUT2D eigenvalue weighted by molar-refractivity contribution is -0.133. The molecule has 0 spiro atoms. The Morgan fingerprint density at radius 2 is 2.00 bits per heavy atom. The maximum atomic E-state index is 11.0. The second-order valence-electron chi connectivity index (χ2n) is 2.49. The number of rotatable bonds is 4. The molecule has 0 aliphatic carbocycles. The summed E-state index contributed by atoms with van der Waals surface area (Å²) < 4.78 is 0. The van der Waals surface area contributed by atoms with E-state index in [0.29, 0.717) is 13.0 Å². The molecule has 0 bridgehead atoms. The van der Waals surface area contributed by atoms with Gasteiger partial charge in [0.15, 0.2) is 0 Å². The third-order valence-electron chi connectivity index (χ3n) is 1.24. The molecule has 0 heterocycles. The van der Waals surface area contributed by atoms with Crippen molar-refractivity contribution < 1.29 is 9.59 Å². The zero-order valence-electron chi connectivity index (χ0n) is 6.96. The lowest BCUT2D eigenvalue weighted by Gasteiger charge is -2.13. The zero-order valence-corrected chi connectivity index (χ0v) is 6.96. The molecule has 0 aliphatic rings. The van der Waals surface area contributed by atoms with Crippen LogP contribution in [0, 0.1) is 0 Å². The highest BCUT2D eigenvalue weighted by Gasteiger charge is 2.08. The van der Waals surface area contributed by atoms with Gasteiger partial charge in [-0.25, -0.2) is 0 Å². The smallest absolute Gasteiger partial charge is 0.223 e. The van der Waals surface area contributed by atoms with Crippen molar-refractivity contribution in [3.05, 3.63) is 0 Å². The number of hydrogen-bond acceptors (Lipinski definition) is 3. The zero-order chi connectivity index (χ0) is 8.85. The third kappa shape index (κ3) is 4.50. The fourth-order valence-corrected chi connectivity index (χ4v) is 0.737. The number of likely N-dealkylation sites (N-methyl/N-ethyl adjacent to an activating group) is 1. The summed E-state index contributed by atoms with van der Waals surface area (Å²) in [4.78, 5) is 22.9. The summed E-state index contributed by atoms with van der Waals surface area (Å²) in [5.41, 5.74) is 5.17. The van der Waals surface area contributed by atoms with Gasteiger partial charge in [-0.05, 0) is 6.92 Å². The fourth-order valence-electron chi connectivity index (χ4n) is 0.737. The van der Waals surface area contributed by atoms with Crippen LogP contribution in [0.2, 0.25) is 0 Å². The van der Waals surface area contributed by atoms with Crippen molar-refractivity contribution in [3.63, 3.8) is 0 Å². The van der Waals surface area contributed by atoms with Gasteiger partial charge in [0.2, 0.25) is 5.91 Å². The van der Waals surface area contributed by atoms with Gasteiger partial charge >= 0.3 is 0 Å². The number of hydrogen-bond donors (Lipinski definition) is 1. The summed E-state index contributed by atoms with van der Waals surface area (Å²) in [5, 5.41) is 0. The maximum Gasteiger partial charge on any atom is 0.223 e. The Labute approximate surface area is 66.4 Å². The van der Waals surface area contributed by atoms with Crippen molar-refractivity contribution in [2.45, 2.75) is 13.3 Å². The maximum absolute atomic E-state index is 11.0. The van der Waals surface area contributed by atoms with Gasteiger partial charge in [-0.15, -0.1) is 0 Å². The first-order valence-electron chi connectivity index (χ1n) is 3.51. The number of Topliss-reactive ketones (excluding diaryl/α,β-unsaturated/α-hetero) is 1. The summed E-state index contributed by atoms with van der Waals surface area (Å²) in [6, 6.07) is 0. The molecule has 0 aromatic heterocycles. The molecule has 0 atom stereocenters. The Morgan fingerprint density at radius 1 is 1.45 bits per heavy atom. The summed E-state index contributed by atoms with van der Waals surface area (Å²) >= 11 is 0. The van der Waals surface area contributed by atoms with E-state index in [4.69, 9.17) is 5.73 Å². The molecule has 0 unspecified atom stereocenters. The molecule has 0 radical (unpaired) electrons. The second kappa shape index (κ2) is 4.85. The van der Waals surface area contributed by atoms with Crippen molar-refractivity contribution in [1.29, 1.82) is 0 Å². The van der Waals surface area contributed by atoms with E-state index in [0.717, 1.165) is 0 Å². The van der Waals surface area contributed by atoms with E-state index in [9.17, 15) is 9.59 Å². The van der Waals surface area contributed by atoms with Gasteiger partial charge in [-0.1, -0.05) is 0 Å². The summed E-state index contributed by atoms with van der Waals surface area (Å²) in [7, 11) is 1.60. The van der Waals surface area contributed by atoms with Crippen molar-refractivity contribution in [2.75, 3.05) is 20.1 Å². The summed E-state index contributed by atoms with van der Waals surface area (Å²) in [6.07, 6.45) is 0.309. The van der Waals surface area contributed by atoms with Crippen LogP contribution >= 0.6 is 0 Å². The molecule has 0 aromatic rings. The molecule has 0 fully saturated rings. The van der Waals surface area contributed by atoms with E-state index in [-0.39, 0.29) is 18.2 Å². The number of amides is 1. The quantitative estimate of drug-likeness (QED) is 0.593. The standard InChI is InChI=1S/C7H14N2O2/c1-6(10)5-9(2)7(11)3-4-8/h3-5,8H2,1-2H3. The first-order valence-corrected chi connectivity index (χ1v) is 3.51. The molecule has 11 heavy (non-hydrogen) atoms. The van der Waals surface area contributed by atoms with E-state index in [1.54, 1.807) is 7.05 Å². The van der Waals surface area contributed by atoms with Gasteiger partial charge in [0.25, 0.3) is 0 Å². The van der Waals surface area contributed by atoms with Gasteiger partial charge in [0, 0.05) is 20.0 Å². The number of nitrogens with two attached hydrogens (primary N) is 1. The Balaban J connectivity index is 3.73. The van der Waals surface area contributed by atoms with Crippen molar-refractivity contribution in [2.24, 2.45) is 5.73 Å². The Kier molecular flexibility index (Phi) is 4.45. The minimum atomic E-state index is -0.0808. The van der Waals surface area contributed by atoms with Crippen LogP contribution in [0.1, 0.15) is 13.3 Å². The SMILES string of the molecule is CC(=O)CN(C)C(=O)CCN. The molecule has 2 N–H and O–H groups in total. The number of nitrogens with zero attached hydrogens (tertiary/aromatic N) is 1. The van der Waals surface area contributed by atoms with Crippen LogP contribution in [-0.4, -0.2) is 36.7 Å². The second-order valence-corrected chi connectivity index (χ2v) is 2.49. The van der Waals surface area contributed by atoms with Crippen LogP contribution in [0.15, 0.2) is 0 Å². The summed E-state index contributed by atoms with van der Waals surface area (Å²) in [6.45, 7) is 1.96. The van der Waals surface area contributed by atoms with Gasteiger partial charge in [-0.2, -0.15) is 0 Å². The predicted octanol–water partition coefficient (Wildman–Crippen LogP) is -0.617. The lowest BCUT2D eigenvalue weighted by atomic mass is 10.3. The van der Waals surface area contributed by atoms with Crippen LogP contribution in [0.5, 0.6) is 0 Å². The minimum absolute atomic E-state index is 0.0159. The summed E-state index contributed by atoms with van der Waals surface area (Å²) in [5.74, 6) is -0.0967. The van der Waals surface area contributed by atoms with Gasteiger partial charge in [-0.3, -0.25) is 9.59 Å². The molecule has 0 saturated heterocycles. The van der Waals surface area contributed by atoms with Crippen LogP contribution in [0.25, 0.3) is 0 Å². The normalized spacial score (nSPS) is 9.36. The number of ketones is 1. The van der Waals surface area contributed by atoms with Crippen LogP contribution in [0.3, 0.4) is 0 Å². The van der Waals surface area contributed by atoms with Crippen LogP contribution < -0.4 is 5.73 Å². The third-order valence-corrected chi connectivity index (χ3v) is 1.24. The molecular formula is C7H14N2O2. The fraction of sp³-hybridized carbons (Fsp3) is 0.714. The van der Waals surface area contributed by atoms with Crippen LogP contribution in [-0.2, 0) is 9.59 Å². The van der Waals surface area contributed by atoms with Crippen molar-refractivity contribution in [1.82, 2.24) is 4.90 Å². The van der Waals surface area contributed by atoms with E-state index in [1.807, 2.05) is 0 Å². The highest BCUT2D eigenvalue weighted by atomic mass is 16.2. The highest BCUT2D eigenvalue weighted by Crippen LogP contribution is 1.88. The monoisotopic (exact) mass is 158 g/mol. The average Bonchev–Trinajstić information content (AvgIpc) is 1.86. The number of carbonyl (C=O) groups is 2. The molecule has 0 rings (SSSR count). The predicted molar refractivity (Wildman–Crippen MR) is 42.0 cm³/mol. The Hall–Kier alpha value is -0.900. The molecule has 4 heteroatoms. The van der Waals surface area contributed by atoms with Crippen molar-refractivity contribution >= 4 is 11.7 Å². The highest BCUT2D eigenvalue weighted by molar-refractivity contribution is 5.84. The van der Waals surface area contributed by atoms with Gasteiger partial charge < -0.3 is 10.6 Å². The van der Waals surface area contributed by atoms with Gasteiger partial charge in [0.05, 0.1) is 6.54 Å². The average molecular weight is 158 g/mol. The van der Waals surface area contributed by atoms with Gasteiger partial charge in [0.1, 0.15) is 5.78 Å². The van der Waals surface area contributed by atoms with E-state index >= 15 is 0 Å². The lowest BCUT2D eigenvalue weighted by Crippen LogP contribution is -2.32. The molecule has 1 amide bonds. The molecule has 0 aliphatic heterocycles.